The van der Waals surface area contributed by atoms with Crippen LogP contribution in [0.1, 0.15) is 6.93 Å². The van der Waals surface area contributed by atoms with Crippen LogP contribution < -0.4 is 0 Å². The highest BCUT2D eigenvalue weighted by atomic mass is 14.9. The van der Waals surface area contributed by atoms with Crippen molar-refractivity contribution in [2.75, 3.05) is 0 Å². The van der Waals surface area contributed by atoms with Crippen LogP contribution in [0.25, 0.3) is 10.9 Å². The number of para-hydroxylation sites is 1. The van der Waals surface area contributed by atoms with Gasteiger partial charge < -0.3 is 4.57 Å². The molecule has 0 saturated heterocycles. The summed E-state index contributed by atoms with van der Waals surface area (Å²) in [5.74, 6) is 0. The van der Waals surface area contributed by atoms with Gasteiger partial charge >= 0.3 is 0 Å². The van der Waals surface area contributed by atoms with Gasteiger partial charge in [-0.05, 0) is 18.6 Å². The largest absolute Gasteiger partial charge is 0.350 e. The molecule has 56 valence electrons. The van der Waals surface area contributed by atoms with Crippen molar-refractivity contribution < 1.29 is 1.37 Å². The van der Waals surface area contributed by atoms with Crippen molar-refractivity contribution in [3.8, 4) is 0 Å². The fraction of sp³-hybridized carbons (Fsp3) is 0.200. The quantitative estimate of drug-likeness (QED) is 0.538. The third-order valence-corrected chi connectivity index (χ3v) is 1.99. The number of fused-ring (bicyclic) bond motifs is 1. The Bertz CT molecular complexity index is 403. The minimum atomic E-state index is 0.300. The number of aromatic nitrogens is 1. The molecule has 1 nitrogen and oxygen atoms in total. The molecular formula is C10H11N. The lowest BCUT2D eigenvalue weighted by molar-refractivity contribution is 0.964. The van der Waals surface area contributed by atoms with Gasteiger partial charge in [0.05, 0.1) is 0 Å². The smallest absolute Gasteiger partial charge is 0.0480 e. The number of benzene rings is 1. The van der Waals surface area contributed by atoms with E-state index in [1.54, 1.807) is 0 Å². The molecule has 0 amide bonds. The maximum absolute atomic E-state index is 7.30. The van der Waals surface area contributed by atoms with Gasteiger partial charge in [-0.15, -0.1) is 0 Å². The molecule has 0 aliphatic rings. The standard InChI is InChI=1S/C10H11N/c1-8-7-11(2)10-6-4-3-5-9(8)10/h3-7H,1-2H3/i2D. The predicted octanol–water partition coefficient (Wildman–Crippen LogP) is 2.49. The predicted molar refractivity (Wildman–Crippen MR) is 47.7 cm³/mol. The summed E-state index contributed by atoms with van der Waals surface area (Å²) in [6.45, 7) is 2.08. The Balaban J connectivity index is 2.82. The molecule has 0 unspecified atom stereocenters. The lowest BCUT2D eigenvalue weighted by Crippen LogP contribution is -1.81. The summed E-state index contributed by atoms with van der Waals surface area (Å²) in [7, 11) is 0.300. The summed E-state index contributed by atoms with van der Waals surface area (Å²) in [5, 5.41) is 1.25. The van der Waals surface area contributed by atoms with E-state index in [9.17, 15) is 0 Å². The zero-order valence-electron chi connectivity index (χ0n) is 7.54. The van der Waals surface area contributed by atoms with E-state index in [1.807, 2.05) is 22.9 Å². The molecule has 1 aromatic heterocycles. The van der Waals surface area contributed by atoms with Crippen LogP contribution >= 0.6 is 0 Å². The minimum absolute atomic E-state index is 0.300. The van der Waals surface area contributed by atoms with Gasteiger partial charge in [-0.25, -0.2) is 0 Å². The highest BCUT2D eigenvalue weighted by molar-refractivity contribution is 5.83. The zero-order valence-corrected chi connectivity index (χ0v) is 6.54. The first kappa shape index (κ1) is 5.42. The Labute approximate surface area is 67.7 Å². The molecule has 1 heteroatoms. The molecule has 2 rings (SSSR count). The van der Waals surface area contributed by atoms with Gasteiger partial charge in [0.2, 0.25) is 0 Å². The van der Waals surface area contributed by atoms with E-state index < -0.39 is 0 Å². The third-order valence-electron chi connectivity index (χ3n) is 1.99. The molecular weight excluding hydrogens is 134 g/mol. The molecule has 1 heterocycles. The van der Waals surface area contributed by atoms with Crippen molar-refractivity contribution in [1.29, 1.82) is 0 Å². The second kappa shape index (κ2) is 2.12. The molecule has 0 atom stereocenters. The molecule has 0 fully saturated rings. The lowest BCUT2D eigenvalue weighted by atomic mass is 10.2. The SMILES string of the molecule is [2H]Cn1cc(C)c2ccccc21. The Kier molecular flexibility index (Phi) is 1.05. The van der Waals surface area contributed by atoms with Gasteiger partial charge in [-0.1, -0.05) is 18.2 Å². The van der Waals surface area contributed by atoms with E-state index in [0.29, 0.717) is 7.02 Å². The Morgan fingerprint density at radius 3 is 3.00 bits per heavy atom. The monoisotopic (exact) mass is 146 g/mol. The fourth-order valence-electron chi connectivity index (χ4n) is 1.43. The van der Waals surface area contributed by atoms with Gasteiger partial charge in [0.1, 0.15) is 0 Å². The second-order valence-electron chi connectivity index (χ2n) is 2.80. The van der Waals surface area contributed by atoms with Crippen molar-refractivity contribution in [3.05, 3.63) is 36.0 Å². The van der Waals surface area contributed by atoms with E-state index in [0.717, 1.165) is 5.52 Å². The lowest BCUT2D eigenvalue weighted by Gasteiger charge is -1.92. The van der Waals surface area contributed by atoms with Crippen molar-refractivity contribution in [2.45, 2.75) is 6.92 Å². The van der Waals surface area contributed by atoms with Gasteiger partial charge in [-0.3, -0.25) is 0 Å². The molecule has 2 aromatic rings. The molecule has 0 spiro atoms. The molecule has 0 radical (unpaired) electrons. The first-order chi connectivity index (χ1) is 5.83. The summed E-state index contributed by atoms with van der Waals surface area (Å²) in [6, 6.07) is 8.19. The second-order valence-corrected chi connectivity index (χ2v) is 2.80. The summed E-state index contributed by atoms with van der Waals surface area (Å²) in [5.41, 5.74) is 2.41. The maximum Gasteiger partial charge on any atom is 0.0480 e. The number of hydrogen-bond donors (Lipinski definition) is 0. The molecule has 0 N–H and O–H groups in total. The van der Waals surface area contributed by atoms with Crippen LogP contribution in [-0.2, 0) is 7.02 Å². The van der Waals surface area contributed by atoms with Crippen LogP contribution in [0.3, 0.4) is 0 Å². The average molecular weight is 146 g/mol. The van der Waals surface area contributed by atoms with Crippen LogP contribution in [0, 0.1) is 6.92 Å². The van der Waals surface area contributed by atoms with Crippen LogP contribution in [0.2, 0.25) is 0 Å². The highest BCUT2D eigenvalue weighted by Crippen LogP contribution is 2.18. The molecule has 0 bridgehead atoms. The van der Waals surface area contributed by atoms with E-state index in [4.69, 9.17) is 1.37 Å². The Morgan fingerprint density at radius 2 is 2.18 bits per heavy atom. The Morgan fingerprint density at radius 1 is 1.36 bits per heavy atom. The normalized spacial score (nSPS) is 11.9. The van der Waals surface area contributed by atoms with Gasteiger partial charge in [0, 0.05) is 25.5 Å². The van der Waals surface area contributed by atoms with Crippen LogP contribution in [0.15, 0.2) is 30.5 Å². The van der Waals surface area contributed by atoms with Crippen molar-refractivity contribution in [2.24, 2.45) is 7.02 Å². The van der Waals surface area contributed by atoms with Crippen LogP contribution in [-0.4, -0.2) is 4.57 Å². The van der Waals surface area contributed by atoms with Gasteiger partial charge in [0.15, 0.2) is 0 Å². The number of rotatable bonds is 0. The maximum atomic E-state index is 7.30. The van der Waals surface area contributed by atoms with Crippen molar-refractivity contribution in [3.63, 3.8) is 0 Å². The summed E-state index contributed by atoms with van der Waals surface area (Å²) in [6.07, 6.45) is 2.03. The number of hydrogen-bond acceptors (Lipinski definition) is 0. The average Bonchev–Trinajstić information content (AvgIpc) is 2.44. The van der Waals surface area contributed by atoms with Crippen molar-refractivity contribution in [1.82, 2.24) is 4.57 Å². The first-order valence-corrected chi connectivity index (χ1v) is 3.66. The van der Waals surface area contributed by atoms with E-state index in [-0.39, 0.29) is 0 Å². The molecule has 0 aliphatic heterocycles. The third kappa shape index (κ3) is 0.845. The zero-order chi connectivity index (χ0) is 8.55. The molecule has 1 aromatic carbocycles. The first-order valence-electron chi connectivity index (χ1n) is 4.37. The molecule has 0 aliphatic carbocycles. The van der Waals surface area contributed by atoms with E-state index in [1.165, 1.54) is 10.9 Å². The van der Waals surface area contributed by atoms with Crippen molar-refractivity contribution >= 4 is 10.9 Å². The van der Waals surface area contributed by atoms with Crippen LogP contribution in [0.4, 0.5) is 0 Å². The van der Waals surface area contributed by atoms with Gasteiger partial charge in [0.25, 0.3) is 0 Å². The fourth-order valence-corrected chi connectivity index (χ4v) is 1.43. The minimum Gasteiger partial charge on any atom is -0.350 e. The number of nitrogens with zero attached hydrogens (tertiary/aromatic N) is 1. The highest BCUT2D eigenvalue weighted by Gasteiger charge is 1.98. The van der Waals surface area contributed by atoms with E-state index >= 15 is 0 Å². The van der Waals surface area contributed by atoms with Gasteiger partial charge in [-0.2, -0.15) is 0 Å². The molecule has 0 saturated carbocycles. The Hall–Kier alpha value is -1.24. The summed E-state index contributed by atoms with van der Waals surface area (Å²) in [4.78, 5) is 0. The van der Waals surface area contributed by atoms with E-state index in [2.05, 4.69) is 19.1 Å². The number of aryl methyl sites for hydroxylation is 2. The summed E-state index contributed by atoms with van der Waals surface area (Å²) >= 11 is 0. The molecule has 11 heavy (non-hydrogen) atoms. The van der Waals surface area contributed by atoms with Crippen LogP contribution in [0.5, 0.6) is 0 Å². The summed E-state index contributed by atoms with van der Waals surface area (Å²) < 4.78 is 9.25. The topological polar surface area (TPSA) is 4.93 Å².